The minimum absolute atomic E-state index is 0.532. The molecule has 0 radical (unpaired) electrons. The van der Waals surface area contributed by atoms with E-state index in [0.29, 0.717) is 11.8 Å². The molecule has 2 aromatic rings. The molecule has 1 unspecified atom stereocenters. The summed E-state index contributed by atoms with van der Waals surface area (Å²) < 4.78 is 2.03. The van der Waals surface area contributed by atoms with Crippen LogP contribution >= 0.6 is 0 Å². The Balaban J connectivity index is 2.63. The van der Waals surface area contributed by atoms with Gasteiger partial charge in [0.2, 0.25) is 0 Å². The van der Waals surface area contributed by atoms with Crippen LogP contribution in [0.2, 0.25) is 0 Å². The Hall–Kier alpha value is -1.70. The van der Waals surface area contributed by atoms with E-state index in [4.69, 9.17) is 0 Å². The summed E-state index contributed by atoms with van der Waals surface area (Å²) in [5.74, 6) is 1.10. The topological polar surface area (TPSA) is 12.9 Å². The van der Waals surface area contributed by atoms with Crippen LogP contribution in [0.4, 0.5) is 0 Å². The van der Waals surface area contributed by atoms with Gasteiger partial charge in [0.1, 0.15) is 0 Å². The van der Waals surface area contributed by atoms with Crippen LogP contribution in [0.15, 0.2) is 55.3 Å². The van der Waals surface area contributed by atoms with Crippen LogP contribution in [0, 0.1) is 0 Å². The second-order valence-corrected chi connectivity index (χ2v) is 7.48. The third kappa shape index (κ3) is 4.72. The minimum atomic E-state index is 0.532. The van der Waals surface area contributed by atoms with Gasteiger partial charge in [-0.15, -0.1) is 0 Å². The molecule has 1 nitrogen and oxygen atoms in total. The van der Waals surface area contributed by atoms with Gasteiger partial charge in [0.25, 0.3) is 0 Å². The molecule has 26 heavy (non-hydrogen) atoms. The molecule has 0 bridgehead atoms. The first-order chi connectivity index (χ1) is 12.5. The molecular formula is C24H29NV. The first-order valence-electron chi connectivity index (χ1n) is 9.43. The Morgan fingerprint density at radius 3 is 2.58 bits per heavy atom. The van der Waals surface area contributed by atoms with Gasteiger partial charge in [-0.3, -0.25) is 0 Å². The molecule has 0 N–H and O–H groups in total. The van der Waals surface area contributed by atoms with Crippen LogP contribution in [0.3, 0.4) is 0 Å². The van der Waals surface area contributed by atoms with E-state index < -0.39 is 0 Å². The Morgan fingerprint density at radius 2 is 1.96 bits per heavy atom. The predicted molar refractivity (Wildman–Crippen MR) is 111 cm³/mol. The number of nitrogens with zero attached hydrogens (tertiary/aromatic N) is 1. The monoisotopic (exact) mass is 382 g/mol. The summed E-state index contributed by atoms with van der Waals surface area (Å²) in [6.07, 6.45) is 8.10. The fourth-order valence-electron chi connectivity index (χ4n) is 3.46. The fourth-order valence-corrected chi connectivity index (χ4v) is 3.79. The second-order valence-electron chi connectivity index (χ2n) is 7.07. The van der Waals surface area contributed by atoms with Crippen LogP contribution in [-0.4, -0.2) is 9.71 Å². The van der Waals surface area contributed by atoms with Crippen molar-refractivity contribution in [1.82, 2.24) is 4.98 Å². The van der Waals surface area contributed by atoms with E-state index >= 15 is 0 Å². The summed E-state index contributed by atoms with van der Waals surface area (Å²) in [4.78, 5) is 4.66. The van der Waals surface area contributed by atoms with Gasteiger partial charge in [-0.25, -0.2) is 0 Å². The third-order valence-corrected chi connectivity index (χ3v) is 5.22. The van der Waals surface area contributed by atoms with Gasteiger partial charge in [0.15, 0.2) is 0 Å². The molecule has 1 aromatic heterocycles. The molecule has 135 valence electrons. The van der Waals surface area contributed by atoms with E-state index in [2.05, 4.69) is 80.5 Å². The third-order valence-electron chi connectivity index (χ3n) is 4.79. The Kier molecular flexibility index (Phi) is 7.81. The van der Waals surface area contributed by atoms with Crippen molar-refractivity contribution in [3.63, 3.8) is 0 Å². The van der Waals surface area contributed by atoms with Crippen LogP contribution in [-0.2, 0) is 17.0 Å². The Morgan fingerprint density at radius 1 is 1.19 bits per heavy atom. The Labute approximate surface area is 167 Å². The van der Waals surface area contributed by atoms with Crippen molar-refractivity contribution < 1.29 is 17.0 Å². The molecule has 0 aliphatic heterocycles. The van der Waals surface area contributed by atoms with Gasteiger partial charge in [-0.05, 0) is 0 Å². The standard InChI is InChI=1S/C24H29N.V/c1-7-10-18(5)23-16-20(13-14-21(23)17(3)4)22-12-9-15-25-24(22)19(6)11-8-2;/h6,8-9,11-18H,2,7,10H2,1,3-5H3;/b19-11+;. The summed E-state index contributed by atoms with van der Waals surface area (Å²) in [7, 11) is 0. The quantitative estimate of drug-likeness (QED) is 0.463. The summed E-state index contributed by atoms with van der Waals surface area (Å²) in [6.45, 7) is 13.0. The average molecular weight is 382 g/mol. The van der Waals surface area contributed by atoms with Gasteiger partial charge in [0, 0.05) is 0 Å². The van der Waals surface area contributed by atoms with Crippen molar-refractivity contribution in [2.24, 2.45) is 0 Å². The summed E-state index contributed by atoms with van der Waals surface area (Å²) in [5.41, 5.74) is 7.41. The van der Waals surface area contributed by atoms with Crippen molar-refractivity contribution in [2.45, 2.75) is 52.4 Å². The number of hydrogen-bond donors (Lipinski definition) is 0. The van der Waals surface area contributed by atoms with Gasteiger partial charge in [-0.2, -0.15) is 0 Å². The average Bonchev–Trinajstić information content (AvgIpc) is 2.65. The van der Waals surface area contributed by atoms with Crippen LogP contribution in [0.1, 0.15) is 69.2 Å². The zero-order chi connectivity index (χ0) is 19.1. The fraction of sp³-hybridized carbons (Fsp3) is 0.333. The number of allylic oxidation sites excluding steroid dienone is 3. The zero-order valence-corrected chi connectivity index (χ0v) is 17.8. The predicted octanol–water partition coefficient (Wildman–Crippen LogP) is 6.69. The molecule has 1 heterocycles. The number of pyridine rings is 1. The number of benzene rings is 1. The normalized spacial score (nSPS) is 12.8. The van der Waals surface area contributed by atoms with Crippen molar-refractivity contribution in [3.05, 3.63) is 72.1 Å². The van der Waals surface area contributed by atoms with Crippen LogP contribution in [0.5, 0.6) is 0 Å². The second kappa shape index (κ2) is 9.85. The molecule has 2 rings (SSSR count). The number of hydrogen-bond acceptors (Lipinski definition) is 1. The van der Waals surface area contributed by atoms with Gasteiger partial charge in [0.05, 0.1) is 0 Å². The molecular weight excluding hydrogens is 353 g/mol. The molecule has 0 aliphatic carbocycles. The maximum atomic E-state index is 4.66. The van der Waals surface area contributed by atoms with Crippen LogP contribution < -0.4 is 0 Å². The summed E-state index contributed by atoms with van der Waals surface area (Å²) in [5, 5.41) is 0. The number of rotatable bonds is 8. The van der Waals surface area contributed by atoms with Gasteiger partial charge < -0.3 is 0 Å². The maximum absolute atomic E-state index is 4.66. The van der Waals surface area contributed by atoms with E-state index in [1.54, 1.807) is 0 Å². The van der Waals surface area contributed by atoms with E-state index in [0.717, 1.165) is 11.3 Å². The zero-order valence-electron chi connectivity index (χ0n) is 16.4. The molecule has 1 atom stereocenters. The molecule has 2 heteroatoms. The van der Waals surface area contributed by atoms with Crippen molar-refractivity contribution in [2.75, 3.05) is 0 Å². The van der Waals surface area contributed by atoms with E-state index in [1.807, 2.05) is 29.1 Å². The molecule has 0 saturated heterocycles. The molecule has 0 saturated carbocycles. The van der Waals surface area contributed by atoms with Gasteiger partial charge in [-0.1, -0.05) is 0 Å². The molecule has 0 fully saturated rings. The Bertz CT molecular complexity index is 802. The van der Waals surface area contributed by atoms with Crippen LogP contribution in [0.25, 0.3) is 16.7 Å². The van der Waals surface area contributed by atoms with Gasteiger partial charge >= 0.3 is 168 Å². The summed E-state index contributed by atoms with van der Waals surface area (Å²) >= 11 is 2.52. The SMILES string of the molecule is C=C/C=C(\[CH]=[V])c1ncccc1-c1ccc(C(C)C)c(C(C)CCC)c1. The van der Waals surface area contributed by atoms with E-state index in [1.165, 1.54) is 35.1 Å². The van der Waals surface area contributed by atoms with Crippen molar-refractivity contribution in [1.29, 1.82) is 0 Å². The molecule has 0 aliphatic rings. The first kappa shape index (κ1) is 20.6. The molecule has 0 spiro atoms. The molecule has 1 aromatic carbocycles. The van der Waals surface area contributed by atoms with E-state index in [9.17, 15) is 0 Å². The van der Waals surface area contributed by atoms with Crippen molar-refractivity contribution in [3.8, 4) is 11.1 Å². The number of aromatic nitrogens is 1. The first-order valence-corrected chi connectivity index (χ1v) is 10.2. The summed E-state index contributed by atoms with van der Waals surface area (Å²) in [6, 6.07) is 11.1. The van der Waals surface area contributed by atoms with E-state index in [-0.39, 0.29) is 0 Å². The van der Waals surface area contributed by atoms with Crippen molar-refractivity contribution >= 4 is 10.3 Å². The molecule has 0 amide bonds.